The molecule has 0 spiro atoms. The molecule has 3 aromatic rings. The molecule has 0 aromatic heterocycles. The molecule has 2 atom stereocenters. The van der Waals surface area contributed by atoms with E-state index in [0.29, 0.717) is 53.4 Å². The summed E-state index contributed by atoms with van der Waals surface area (Å²) in [5.41, 5.74) is 0.167. The first kappa shape index (κ1) is 31.7. The number of unbranched alkanes of at least 4 members (excludes halogenated alkanes) is 5. The van der Waals surface area contributed by atoms with E-state index in [2.05, 4.69) is 6.92 Å². The lowest BCUT2D eigenvalue weighted by atomic mass is 9.67. The Morgan fingerprint density at radius 2 is 1.42 bits per heavy atom. The van der Waals surface area contributed by atoms with Crippen LogP contribution in [0.2, 0.25) is 0 Å². The summed E-state index contributed by atoms with van der Waals surface area (Å²) in [6.07, 6.45) is 6.91. The largest absolute Gasteiger partial charge is 0.483 e. The van der Waals surface area contributed by atoms with Gasteiger partial charge in [-0.3, -0.25) is 9.59 Å². The van der Waals surface area contributed by atoms with Crippen molar-refractivity contribution in [3.8, 4) is 17.2 Å². The number of hydrogen-bond donors (Lipinski definition) is 1. The van der Waals surface area contributed by atoms with E-state index in [-0.39, 0.29) is 11.5 Å². The zero-order valence-corrected chi connectivity index (χ0v) is 25.6. The number of allylic oxidation sites excluding steroid dienone is 1. The molecule has 1 aliphatic heterocycles. The van der Waals surface area contributed by atoms with Crippen molar-refractivity contribution in [3.05, 3.63) is 102 Å². The molecule has 0 bridgehead atoms. The summed E-state index contributed by atoms with van der Waals surface area (Å²) >= 11 is 0. The fourth-order valence-corrected chi connectivity index (χ4v) is 5.79. The number of carbonyl (C=O) groups is 2. The zero-order chi connectivity index (χ0) is 30.7. The molecule has 0 saturated heterocycles. The molecular weight excluding hydrogens is 538 g/mol. The third-order valence-electron chi connectivity index (χ3n) is 8.13. The van der Waals surface area contributed by atoms with Crippen molar-refractivity contribution in [3.63, 3.8) is 0 Å². The number of aliphatic imine (C=N–C) groups is 1. The van der Waals surface area contributed by atoms with Gasteiger partial charge in [-0.1, -0.05) is 107 Å². The van der Waals surface area contributed by atoms with Gasteiger partial charge in [0.2, 0.25) is 5.78 Å². The summed E-state index contributed by atoms with van der Waals surface area (Å²) in [4.78, 5) is 32.5. The SMILES string of the molecule is CCCCCCCCC1(C(=O)O)C(C)=C(C(=O)c2cccc(Oc3ccccc3)c2)N=C(CCC)C1Oc1ccccc1. The second-order valence-electron chi connectivity index (χ2n) is 11.2. The van der Waals surface area contributed by atoms with Crippen LogP contribution in [0.5, 0.6) is 17.2 Å². The van der Waals surface area contributed by atoms with Gasteiger partial charge in [-0.05, 0) is 61.7 Å². The van der Waals surface area contributed by atoms with Gasteiger partial charge in [0.25, 0.3) is 0 Å². The second kappa shape index (κ2) is 15.3. The van der Waals surface area contributed by atoms with Crippen molar-refractivity contribution in [2.45, 2.75) is 84.7 Å². The van der Waals surface area contributed by atoms with Gasteiger partial charge in [0.05, 0.1) is 5.71 Å². The van der Waals surface area contributed by atoms with E-state index >= 15 is 0 Å². The van der Waals surface area contributed by atoms with Crippen molar-refractivity contribution in [1.29, 1.82) is 0 Å². The second-order valence-corrected chi connectivity index (χ2v) is 11.2. The summed E-state index contributed by atoms with van der Waals surface area (Å²) in [6, 6.07) is 25.6. The summed E-state index contributed by atoms with van der Waals surface area (Å²) in [7, 11) is 0. The number of carboxylic acid groups (broad SMARTS) is 1. The zero-order valence-electron chi connectivity index (χ0n) is 25.6. The molecule has 1 aliphatic rings. The van der Waals surface area contributed by atoms with Crippen LogP contribution in [0, 0.1) is 5.41 Å². The standard InChI is InChI=1S/C37H43NO5/c1-4-6-7-8-9-16-25-37(36(40)41)27(3)33(38-32(18-5-2)35(37)43-30-22-14-11-15-23-30)34(39)28-19-17-24-31(26-28)42-29-20-12-10-13-21-29/h10-15,17,19-24,26,35H,4-9,16,18,25H2,1-3H3,(H,40,41). The average molecular weight is 582 g/mol. The molecule has 1 N–H and O–H groups in total. The third-order valence-corrected chi connectivity index (χ3v) is 8.13. The Hall–Kier alpha value is -4.19. The number of para-hydroxylation sites is 2. The molecule has 1 heterocycles. The molecule has 0 saturated carbocycles. The Morgan fingerprint density at radius 3 is 2.07 bits per heavy atom. The summed E-state index contributed by atoms with van der Waals surface area (Å²) in [6.45, 7) is 5.95. The molecular formula is C37H43NO5. The molecule has 2 unspecified atom stereocenters. The molecule has 3 aromatic carbocycles. The van der Waals surface area contributed by atoms with E-state index in [9.17, 15) is 14.7 Å². The van der Waals surface area contributed by atoms with E-state index in [1.807, 2.05) is 67.6 Å². The topological polar surface area (TPSA) is 85.2 Å². The molecule has 0 aliphatic carbocycles. The molecule has 6 heteroatoms. The Labute approximate surface area is 255 Å². The number of nitrogens with zero attached hydrogens (tertiary/aromatic N) is 1. The number of rotatable bonds is 16. The van der Waals surface area contributed by atoms with Gasteiger partial charge >= 0.3 is 5.97 Å². The van der Waals surface area contributed by atoms with Crippen LogP contribution >= 0.6 is 0 Å². The van der Waals surface area contributed by atoms with Gasteiger partial charge in [-0.15, -0.1) is 0 Å². The minimum absolute atomic E-state index is 0.182. The maximum Gasteiger partial charge on any atom is 0.318 e. The number of hydrogen-bond acceptors (Lipinski definition) is 5. The molecule has 4 rings (SSSR count). The third kappa shape index (κ3) is 7.61. The first-order valence-corrected chi connectivity index (χ1v) is 15.5. The fraction of sp³-hybridized carbons (Fsp3) is 0.378. The van der Waals surface area contributed by atoms with Crippen molar-refractivity contribution in [2.75, 3.05) is 0 Å². The van der Waals surface area contributed by atoms with Gasteiger partial charge < -0.3 is 14.6 Å². The predicted molar refractivity (Wildman–Crippen MR) is 171 cm³/mol. The van der Waals surface area contributed by atoms with E-state index in [0.717, 1.165) is 32.1 Å². The van der Waals surface area contributed by atoms with E-state index in [1.165, 1.54) is 6.42 Å². The first-order chi connectivity index (χ1) is 20.9. The molecule has 0 amide bonds. The Morgan fingerprint density at radius 1 is 0.791 bits per heavy atom. The minimum atomic E-state index is -1.43. The Kier molecular flexibility index (Phi) is 11.3. The highest BCUT2D eigenvalue weighted by molar-refractivity contribution is 6.13. The van der Waals surface area contributed by atoms with Gasteiger partial charge in [0.15, 0.2) is 6.10 Å². The van der Waals surface area contributed by atoms with Crippen LogP contribution in [0.15, 0.2) is 101 Å². The average Bonchev–Trinajstić information content (AvgIpc) is 3.02. The quantitative estimate of drug-likeness (QED) is 0.134. The van der Waals surface area contributed by atoms with Crippen molar-refractivity contribution < 1.29 is 24.2 Å². The molecule has 0 fully saturated rings. The van der Waals surface area contributed by atoms with Crippen LogP contribution < -0.4 is 9.47 Å². The van der Waals surface area contributed by atoms with Crippen molar-refractivity contribution >= 4 is 17.5 Å². The van der Waals surface area contributed by atoms with E-state index < -0.39 is 17.5 Å². The normalized spacial score (nSPS) is 18.2. The Bertz CT molecular complexity index is 1430. The van der Waals surface area contributed by atoms with Crippen LogP contribution in [0.25, 0.3) is 0 Å². The lowest BCUT2D eigenvalue weighted by Gasteiger charge is -2.42. The number of ether oxygens (including phenoxy) is 2. The van der Waals surface area contributed by atoms with Crippen molar-refractivity contribution in [1.82, 2.24) is 0 Å². The summed E-state index contributed by atoms with van der Waals surface area (Å²) < 4.78 is 12.5. The number of carbonyl (C=O) groups excluding carboxylic acids is 1. The molecule has 0 radical (unpaired) electrons. The van der Waals surface area contributed by atoms with Crippen molar-refractivity contribution in [2.24, 2.45) is 10.4 Å². The van der Waals surface area contributed by atoms with E-state index in [1.54, 1.807) is 31.2 Å². The van der Waals surface area contributed by atoms with Gasteiger partial charge in [0.1, 0.15) is 28.4 Å². The predicted octanol–water partition coefficient (Wildman–Crippen LogP) is 9.46. The molecule has 6 nitrogen and oxygen atoms in total. The van der Waals surface area contributed by atoms with Crippen LogP contribution in [-0.2, 0) is 4.79 Å². The minimum Gasteiger partial charge on any atom is -0.483 e. The number of benzene rings is 3. The molecule has 226 valence electrons. The smallest absolute Gasteiger partial charge is 0.318 e. The van der Waals surface area contributed by atoms with Gasteiger partial charge in [-0.25, -0.2) is 4.99 Å². The maximum absolute atomic E-state index is 14.1. The summed E-state index contributed by atoms with van der Waals surface area (Å²) in [5, 5.41) is 11.0. The van der Waals surface area contributed by atoms with Crippen LogP contribution in [0.1, 0.15) is 88.9 Å². The van der Waals surface area contributed by atoms with Gasteiger partial charge in [-0.2, -0.15) is 0 Å². The number of Topliss-reactive ketones (excluding diaryl/α,β-unsaturated/α-hetero) is 1. The fourth-order valence-electron chi connectivity index (χ4n) is 5.79. The summed E-state index contributed by atoms with van der Waals surface area (Å²) in [5.74, 6) is 0.447. The molecule has 43 heavy (non-hydrogen) atoms. The van der Waals surface area contributed by atoms with Crippen LogP contribution in [0.4, 0.5) is 0 Å². The Balaban J connectivity index is 1.75. The number of ketones is 1. The highest BCUT2D eigenvalue weighted by Gasteiger charge is 2.54. The van der Waals surface area contributed by atoms with Gasteiger partial charge in [0, 0.05) is 5.56 Å². The number of aliphatic carboxylic acids is 1. The lowest BCUT2D eigenvalue weighted by molar-refractivity contribution is -0.150. The van der Waals surface area contributed by atoms with Crippen LogP contribution in [0.3, 0.4) is 0 Å². The van der Waals surface area contributed by atoms with Crippen LogP contribution in [-0.4, -0.2) is 28.7 Å². The maximum atomic E-state index is 14.1. The monoisotopic (exact) mass is 581 g/mol. The highest BCUT2D eigenvalue weighted by atomic mass is 16.5. The lowest BCUT2D eigenvalue weighted by Crippen LogP contribution is -2.53. The highest BCUT2D eigenvalue weighted by Crippen LogP contribution is 2.46. The van der Waals surface area contributed by atoms with E-state index in [4.69, 9.17) is 14.5 Å². The number of carboxylic acids is 1. The first-order valence-electron chi connectivity index (χ1n) is 15.5.